The van der Waals surface area contributed by atoms with Crippen LogP contribution in [0.25, 0.3) is 0 Å². The van der Waals surface area contributed by atoms with Crippen molar-refractivity contribution in [3.05, 3.63) is 58.7 Å². The zero-order chi connectivity index (χ0) is 19.1. The van der Waals surface area contributed by atoms with Crippen LogP contribution in [0.5, 0.6) is 5.75 Å². The molecule has 5 heteroatoms. The standard InChI is InChI=1S/C21H26N2O3/c1-6-23(4)14-22-19-12-20(25-5)18(11-16(19)3)21(24)26-13-17-9-7-15(2)8-10-17/h7-12,14H,6,13H2,1-5H3. The Morgan fingerprint density at radius 1 is 1.19 bits per heavy atom. The quantitative estimate of drug-likeness (QED) is 0.423. The third-order valence-electron chi connectivity index (χ3n) is 4.12. The lowest BCUT2D eigenvalue weighted by atomic mass is 10.1. The summed E-state index contributed by atoms with van der Waals surface area (Å²) in [6.45, 7) is 7.07. The van der Waals surface area contributed by atoms with Gasteiger partial charge in [-0.1, -0.05) is 29.8 Å². The van der Waals surface area contributed by atoms with Crippen LogP contribution in [-0.2, 0) is 11.3 Å². The molecule has 0 heterocycles. The van der Waals surface area contributed by atoms with Crippen LogP contribution in [0, 0.1) is 13.8 Å². The van der Waals surface area contributed by atoms with Gasteiger partial charge in [0.2, 0.25) is 0 Å². The Balaban J connectivity index is 2.17. The summed E-state index contributed by atoms with van der Waals surface area (Å²) in [5.74, 6) is 0.0440. The highest BCUT2D eigenvalue weighted by atomic mass is 16.5. The third kappa shape index (κ3) is 5.09. The average Bonchev–Trinajstić information content (AvgIpc) is 2.65. The molecule has 0 atom stereocenters. The summed E-state index contributed by atoms with van der Waals surface area (Å²) in [6.07, 6.45) is 1.76. The Bertz CT molecular complexity index is 783. The first-order valence-electron chi connectivity index (χ1n) is 8.60. The van der Waals surface area contributed by atoms with Crippen molar-refractivity contribution in [3.8, 4) is 5.75 Å². The fourth-order valence-electron chi connectivity index (χ4n) is 2.30. The van der Waals surface area contributed by atoms with Gasteiger partial charge in [0.25, 0.3) is 0 Å². The lowest BCUT2D eigenvalue weighted by molar-refractivity contribution is 0.0469. The monoisotopic (exact) mass is 354 g/mol. The van der Waals surface area contributed by atoms with Gasteiger partial charge in [0.1, 0.15) is 17.9 Å². The summed E-state index contributed by atoms with van der Waals surface area (Å²) in [7, 11) is 3.49. The minimum atomic E-state index is -0.410. The smallest absolute Gasteiger partial charge is 0.342 e. The molecule has 2 aromatic rings. The number of esters is 1. The molecular formula is C21H26N2O3. The zero-order valence-corrected chi connectivity index (χ0v) is 16.1. The summed E-state index contributed by atoms with van der Waals surface area (Å²) < 4.78 is 10.8. The molecule has 0 saturated heterocycles. The molecule has 0 bridgehead atoms. The molecule has 0 spiro atoms. The predicted molar refractivity (Wildman–Crippen MR) is 104 cm³/mol. The topological polar surface area (TPSA) is 51.1 Å². The van der Waals surface area contributed by atoms with E-state index in [0.29, 0.717) is 11.3 Å². The van der Waals surface area contributed by atoms with E-state index in [2.05, 4.69) is 4.99 Å². The van der Waals surface area contributed by atoms with Gasteiger partial charge < -0.3 is 14.4 Å². The van der Waals surface area contributed by atoms with E-state index < -0.39 is 5.97 Å². The van der Waals surface area contributed by atoms with Gasteiger partial charge in [-0.3, -0.25) is 0 Å². The Hall–Kier alpha value is -2.82. The molecule has 0 aliphatic rings. The molecule has 0 amide bonds. The van der Waals surface area contributed by atoms with Gasteiger partial charge in [0.05, 0.1) is 19.1 Å². The van der Waals surface area contributed by atoms with Crippen LogP contribution in [0.2, 0.25) is 0 Å². The van der Waals surface area contributed by atoms with E-state index in [0.717, 1.165) is 23.4 Å². The molecule has 0 fully saturated rings. The van der Waals surface area contributed by atoms with Crippen molar-refractivity contribution in [2.75, 3.05) is 20.7 Å². The molecule has 0 aliphatic heterocycles. The lowest BCUT2D eigenvalue weighted by Crippen LogP contribution is -2.14. The van der Waals surface area contributed by atoms with Crippen LogP contribution in [0.15, 0.2) is 41.4 Å². The molecular weight excluding hydrogens is 328 g/mol. The maximum atomic E-state index is 12.5. The number of rotatable bonds is 7. The highest BCUT2D eigenvalue weighted by Crippen LogP contribution is 2.29. The first-order valence-corrected chi connectivity index (χ1v) is 8.60. The second kappa shape index (κ2) is 9.04. The number of carbonyl (C=O) groups is 1. The Morgan fingerprint density at radius 3 is 2.50 bits per heavy atom. The van der Waals surface area contributed by atoms with E-state index in [9.17, 15) is 4.79 Å². The molecule has 0 aromatic heterocycles. The second-order valence-electron chi connectivity index (χ2n) is 6.22. The summed E-state index contributed by atoms with van der Waals surface area (Å²) in [6, 6.07) is 11.4. The van der Waals surface area contributed by atoms with Crippen molar-refractivity contribution >= 4 is 18.0 Å². The number of aliphatic imine (C=N–C) groups is 1. The number of nitrogens with zero attached hydrogens (tertiary/aromatic N) is 2. The van der Waals surface area contributed by atoms with Crippen molar-refractivity contribution in [3.63, 3.8) is 0 Å². The average molecular weight is 354 g/mol. The van der Waals surface area contributed by atoms with Crippen LogP contribution < -0.4 is 4.74 Å². The van der Waals surface area contributed by atoms with Gasteiger partial charge in [0, 0.05) is 19.7 Å². The van der Waals surface area contributed by atoms with Crippen LogP contribution in [0.3, 0.4) is 0 Å². The molecule has 5 nitrogen and oxygen atoms in total. The van der Waals surface area contributed by atoms with E-state index >= 15 is 0 Å². The lowest BCUT2D eigenvalue weighted by Gasteiger charge is -2.13. The van der Waals surface area contributed by atoms with Crippen LogP contribution in [0.1, 0.15) is 34.0 Å². The van der Waals surface area contributed by atoms with Crippen molar-refractivity contribution in [2.45, 2.75) is 27.4 Å². The molecule has 0 aliphatic carbocycles. The Morgan fingerprint density at radius 2 is 1.88 bits per heavy atom. The van der Waals surface area contributed by atoms with Gasteiger partial charge >= 0.3 is 5.97 Å². The van der Waals surface area contributed by atoms with Gasteiger partial charge in [-0.2, -0.15) is 0 Å². The number of methoxy groups -OCH3 is 1. The minimum Gasteiger partial charge on any atom is -0.496 e. The van der Waals surface area contributed by atoms with E-state index in [1.165, 1.54) is 12.7 Å². The normalized spacial score (nSPS) is 10.8. The van der Waals surface area contributed by atoms with Gasteiger partial charge in [-0.05, 0) is 38.0 Å². The summed E-state index contributed by atoms with van der Waals surface area (Å²) in [4.78, 5) is 18.9. The molecule has 0 radical (unpaired) electrons. The van der Waals surface area contributed by atoms with Gasteiger partial charge in [0.15, 0.2) is 0 Å². The number of benzene rings is 2. The van der Waals surface area contributed by atoms with E-state index in [-0.39, 0.29) is 6.61 Å². The van der Waals surface area contributed by atoms with Crippen LogP contribution in [0.4, 0.5) is 5.69 Å². The molecule has 26 heavy (non-hydrogen) atoms. The van der Waals surface area contributed by atoms with E-state index in [1.807, 2.05) is 57.0 Å². The van der Waals surface area contributed by atoms with Crippen LogP contribution in [-0.4, -0.2) is 37.9 Å². The highest BCUT2D eigenvalue weighted by Gasteiger charge is 2.16. The molecule has 0 saturated carbocycles. The minimum absolute atomic E-state index is 0.225. The molecule has 0 unspecified atom stereocenters. The number of carbonyl (C=O) groups excluding carboxylic acids is 1. The third-order valence-corrected chi connectivity index (χ3v) is 4.12. The van der Waals surface area contributed by atoms with Gasteiger partial charge in [-0.15, -0.1) is 0 Å². The zero-order valence-electron chi connectivity index (χ0n) is 16.1. The van der Waals surface area contributed by atoms with E-state index in [4.69, 9.17) is 9.47 Å². The first-order chi connectivity index (χ1) is 12.4. The van der Waals surface area contributed by atoms with Crippen LogP contribution >= 0.6 is 0 Å². The van der Waals surface area contributed by atoms with Gasteiger partial charge in [-0.25, -0.2) is 9.79 Å². The number of hydrogen-bond donors (Lipinski definition) is 0. The fraction of sp³-hybridized carbons (Fsp3) is 0.333. The first kappa shape index (κ1) is 19.5. The summed E-state index contributed by atoms with van der Waals surface area (Å²) in [5.41, 5.74) is 4.16. The van der Waals surface area contributed by atoms with Crippen molar-refractivity contribution in [1.82, 2.24) is 4.90 Å². The summed E-state index contributed by atoms with van der Waals surface area (Å²) in [5, 5.41) is 0. The Kier molecular flexibility index (Phi) is 6.78. The molecule has 2 aromatic carbocycles. The summed E-state index contributed by atoms with van der Waals surface area (Å²) >= 11 is 0. The predicted octanol–water partition coefficient (Wildman–Crippen LogP) is 4.28. The van der Waals surface area contributed by atoms with Crippen molar-refractivity contribution in [2.24, 2.45) is 4.99 Å². The fourth-order valence-corrected chi connectivity index (χ4v) is 2.30. The largest absolute Gasteiger partial charge is 0.496 e. The molecule has 0 N–H and O–H groups in total. The van der Waals surface area contributed by atoms with E-state index in [1.54, 1.807) is 18.5 Å². The molecule has 138 valence electrons. The highest BCUT2D eigenvalue weighted by molar-refractivity contribution is 5.93. The maximum Gasteiger partial charge on any atom is 0.342 e. The maximum absolute atomic E-state index is 12.5. The number of hydrogen-bond acceptors (Lipinski definition) is 4. The number of ether oxygens (including phenoxy) is 2. The second-order valence-corrected chi connectivity index (χ2v) is 6.22. The molecule has 2 rings (SSSR count). The van der Waals surface area contributed by atoms with Crippen molar-refractivity contribution in [1.29, 1.82) is 0 Å². The van der Waals surface area contributed by atoms with Crippen molar-refractivity contribution < 1.29 is 14.3 Å². The SMILES string of the molecule is CCN(C)C=Nc1cc(OC)c(C(=O)OCc2ccc(C)cc2)cc1C. The Labute approximate surface area is 155 Å². The number of aryl methyl sites for hydroxylation is 2.